The molecule has 0 N–H and O–H groups in total. The van der Waals surface area contributed by atoms with Crippen LogP contribution in [0.1, 0.15) is 54.4 Å². The van der Waals surface area contributed by atoms with Gasteiger partial charge in [-0.15, -0.1) is 0 Å². The molecule has 0 aliphatic heterocycles. The second-order valence-corrected chi connectivity index (χ2v) is 15.1. The number of hydrogen-bond acceptors (Lipinski definition) is 4. The second-order valence-electron chi connectivity index (χ2n) is 13.7. The lowest BCUT2D eigenvalue weighted by atomic mass is 9.93. The first-order chi connectivity index (χ1) is 30.5. The molecule has 0 aliphatic rings. The summed E-state index contributed by atoms with van der Waals surface area (Å²) >= 11 is 15.0. The number of alkyl halides is 1. The van der Waals surface area contributed by atoms with Crippen molar-refractivity contribution in [1.82, 2.24) is 0 Å². The Balaban J connectivity index is 0.000000278. The van der Waals surface area contributed by atoms with Crippen molar-refractivity contribution >= 4 is 39.1 Å². The average molecular weight is 991 g/mol. The molecule has 0 saturated carbocycles. The van der Waals surface area contributed by atoms with Gasteiger partial charge in [-0.05, 0) is 108 Å². The number of benzene rings is 6. The molecule has 0 fully saturated rings. The minimum Gasteiger partial charge on any atom is -0.454 e. The first kappa shape index (κ1) is 53.3. The van der Waals surface area contributed by atoms with Crippen LogP contribution in [0, 0.1) is 11.6 Å². The lowest BCUT2D eigenvalue weighted by Gasteiger charge is -2.17. The lowest BCUT2D eigenvalue weighted by Crippen LogP contribution is -2.06. The smallest absolute Gasteiger partial charge is 0.165 e. The minimum absolute atomic E-state index is 0. The molecule has 13 heteroatoms. The number of ether oxygens (including phenoxy) is 4. The van der Waals surface area contributed by atoms with Crippen LogP contribution in [-0.4, -0.2) is 27.4 Å². The SMILES string of the molecule is C.COCCC(/C(F)=C(\F)Cc1ccc(F)c(Oc2ccccc2)c1)c1ccc(Cl)cc1.COCCC(/C(F)=C\F)c1ccc(Cl)cc1.Fc1ccc(CBr)cc1Oc1ccccc1. The van der Waals surface area contributed by atoms with Crippen LogP contribution in [0.15, 0.2) is 169 Å². The third-order valence-electron chi connectivity index (χ3n) is 9.22. The topological polar surface area (TPSA) is 36.9 Å². The lowest BCUT2D eigenvalue weighted by molar-refractivity contribution is 0.187. The monoisotopic (exact) mass is 988 g/mol. The Labute approximate surface area is 390 Å². The predicted octanol–water partition coefficient (Wildman–Crippen LogP) is 17.2. The molecule has 0 spiro atoms. The van der Waals surface area contributed by atoms with E-state index in [1.54, 1.807) is 97.1 Å². The molecule has 0 saturated heterocycles. The molecule has 64 heavy (non-hydrogen) atoms. The van der Waals surface area contributed by atoms with Gasteiger partial charge in [0.1, 0.15) is 35.3 Å². The molecule has 4 nitrogen and oxygen atoms in total. The maximum atomic E-state index is 15.1. The first-order valence-corrected chi connectivity index (χ1v) is 21.4. The summed E-state index contributed by atoms with van der Waals surface area (Å²) in [5, 5.41) is 1.76. The molecule has 0 amide bonds. The zero-order valence-corrected chi connectivity index (χ0v) is 37.5. The summed E-state index contributed by atoms with van der Waals surface area (Å²) in [7, 11) is 3.03. The van der Waals surface area contributed by atoms with Gasteiger partial charge in [-0.3, -0.25) is 0 Å². The van der Waals surface area contributed by atoms with Crippen LogP contribution in [-0.2, 0) is 21.2 Å². The Morgan fingerprint density at radius 3 is 1.45 bits per heavy atom. The van der Waals surface area contributed by atoms with Crippen LogP contribution in [0.3, 0.4) is 0 Å². The molecule has 0 aliphatic carbocycles. The number of para-hydroxylation sites is 2. The van der Waals surface area contributed by atoms with E-state index in [4.69, 9.17) is 42.1 Å². The van der Waals surface area contributed by atoms with Gasteiger partial charge in [-0.1, -0.05) is 119 Å². The van der Waals surface area contributed by atoms with Crippen LogP contribution >= 0.6 is 39.1 Å². The van der Waals surface area contributed by atoms with E-state index in [0.717, 1.165) is 5.56 Å². The average Bonchev–Trinajstić information content (AvgIpc) is 3.30. The summed E-state index contributed by atoms with van der Waals surface area (Å²) in [5.74, 6) is -3.67. The maximum Gasteiger partial charge on any atom is 0.165 e. The van der Waals surface area contributed by atoms with Crippen molar-refractivity contribution in [3.8, 4) is 23.0 Å². The van der Waals surface area contributed by atoms with E-state index in [-0.39, 0.29) is 50.5 Å². The van der Waals surface area contributed by atoms with Gasteiger partial charge in [0.15, 0.2) is 23.1 Å². The number of hydrogen-bond donors (Lipinski definition) is 0. The van der Waals surface area contributed by atoms with Crippen LogP contribution in [0.4, 0.5) is 26.3 Å². The van der Waals surface area contributed by atoms with Crippen molar-refractivity contribution in [3.05, 3.63) is 213 Å². The molecule has 0 aromatic heterocycles. The summed E-state index contributed by atoms with van der Waals surface area (Å²) in [5.41, 5.74) is 2.66. The first-order valence-electron chi connectivity index (χ1n) is 19.5. The fraction of sp³-hybridized carbons (Fsp3) is 0.216. The fourth-order valence-electron chi connectivity index (χ4n) is 5.97. The van der Waals surface area contributed by atoms with E-state index >= 15 is 4.39 Å². The number of allylic oxidation sites excluding steroid dienone is 3. The molecule has 6 rings (SSSR count). The van der Waals surface area contributed by atoms with Crippen LogP contribution in [0.5, 0.6) is 23.0 Å². The van der Waals surface area contributed by atoms with Crippen molar-refractivity contribution in [2.75, 3.05) is 27.4 Å². The Morgan fingerprint density at radius 1 is 0.594 bits per heavy atom. The van der Waals surface area contributed by atoms with Gasteiger partial charge >= 0.3 is 0 Å². The standard InChI is InChI=1S/C25H22ClF3O2.C13H10BrFO.C12H13ClF2O.CH4/c1-30-14-13-21(18-8-10-19(26)11-9-18)25(29)23(28)15-17-7-12-22(27)24(16-17)31-20-5-3-2-4-6-20;14-9-10-6-7-12(15)13(8-10)16-11-4-2-1-3-5-11;1-16-7-6-11(12(15)8-14)9-2-4-10(13)5-3-9;/h2-12,16,21H,13-15H2,1H3;1-8H,9H2;2-5,8,11H,6-7H2,1H3;1H4/b25-23+;;12-8+;. The highest BCUT2D eigenvalue weighted by Gasteiger charge is 2.22. The van der Waals surface area contributed by atoms with Gasteiger partial charge in [0, 0.05) is 61.1 Å². The molecule has 0 heterocycles. The van der Waals surface area contributed by atoms with Crippen molar-refractivity contribution in [1.29, 1.82) is 0 Å². The quantitative estimate of drug-likeness (QED) is 0.0674. The Morgan fingerprint density at radius 2 is 1.02 bits per heavy atom. The molecular formula is C51H49BrCl2F6O4. The summed E-state index contributed by atoms with van der Waals surface area (Å²) in [6.07, 6.45) is 0.330. The van der Waals surface area contributed by atoms with Gasteiger partial charge in [-0.2, -0.15) is 0 Å². The van der Waals surface area contributed by atoms with E-state index < -0.39 is 35.1 Å². The minimum atomic E-state index is -0.923. The summed E-state index contributed by atoms with van der Waals surface area (Å²) in [6, 6.07) is 39.9. The van der Waals surface area contributed by atoms with Crippen LogP contribution in [0.25, 0.3) is 0 Å². The highest BCUT2D eigenvalue weighted by atomic mass is 79.9. The molecule has 6 aromatic carbocycles. The molecule has 0 radical (unpaired) electrons. The van der Waals surface area contributed by atoms with E-state index in [1.807, 2.05) is 24.3 Å². The van der Waals surface area contributed by atoms with Crippen molar-refractivity contribution in [2.45, 2.75) is 43.9 Å². The largest absolute Gasteiger partial charge is 0.454 e. The third kappa shape index (κ3) is 17.5. The van der Waals surface area contributed by atoms with Crippen molar-refractivity contribution in [2.24, 2.45) is 0 Å². The van der Waals surface area contributed by atoms with Crippen molar-refractivity contribution in [3.63, 3.8) is 0 Å². The zero-order chi connectivity index (χ0) is 45.6. The number of halogens is 9. The van der Waals surface area contributed by atoms with E-state index in [0.29, 0.717) is 56.6 Å². The molecule has 0 bridgehead atoms. The third-order valence-corrected chi connectivity index (χ3v) is 10.4. The van der Waals surface area contributed by atoms with Crippen molar-refractivity contribution < 1.29 is 45.3 Å². The van der Waals surface area contributed by atoms with Gasteiger partial charge in [0.05, 0.1) is 0 Å². The summed E-state index contributed by atoms with van der Waals surface area (Å²) < 4.78 is 104. The molecular weight excluding hydrogens is 941 g/mol. The van der Waals surface area contributed by atoms with Crippen LogP contribution < -0.4 is 9.47 Å². The van der Waals surface area contributed by atoms with E-state index in [2.05, 4.69) is 15.9 Å². The Kier molecular flexibility index (Phi) is 23.9. The van der Waals surface area contributed by atoms with Gasteiger partial charge < -0.3 is 18.9 Å². The number of rotatable bonds is 17. The maximum absolute atomic E-state index is 15.1. The molecule has 2 atom stereocenters. The van der Waals surface area contributed by atoms with Gasteiger partial charge in [0.25, 0.3) is 0 Å². The highest BCUT2D eigenvalue weighted by molar-refractivity contribution is 9.08. The van der Waals surface area contributed by atoms with Gasteiger partial charge in [0.2, 0.25) is 0 Å². The zero-order valence-electron chi connectivity index (χ0n) is 34.4. The summed E-state index contributed by atoms with van der Waals surface area (Å²) in [4.78, 5) is 0. The molecule has 340 valence electrons. The van der Waals surface area contributed by atoms with E-state index in [9.17, 15) is 22.0 Å². The van der Waals surface area contributed by atoms with E-state index in [1.165, 1.54) is 38.5 Å². The molecule has 6 aromatic rings. The molecule has 2 unspecified atom stereocenters. The van der Waals surface area contributed by atoms with Crippen LogP contribution in [0.2, 0.25) is 10.0 Å². The number of methoxy groups -OCH3 is 2. The normalized spacial score (nSPS) is 12.3. The highest BCUT2D eigenvalue weighted by Crippen LogP contribution is 2.35. The fourth-order valence-corrected chi connectivity index (χ4v) is 6.57. The predicted molar refractivity (Wildman–Crippen MR) is 250 cm³/mol. The van der Waals surface area contributed by atoms with Gasteiger partial charge in [-0.25, -0.2) is 26.3 Å². The Bertz CT molecular complexity index is 2340. The summed E-state index contributed by atoms with van der Waals surface area (Å²) in [6.45, 7) is 0.633. The Hall–Kier alpha value is -5.04. The second kappa shape index (κ2) is 28.7.